The summed E-state index contributed by atoms with van der Waals surface area (Å²) < 4.78 is 5.90. The average Bonchev–Trinajstić information content (AvgIpc) is 2.68. The van der Waals surface area contributed by atoms with Crippen molar-refractivity contribution in [2.24, 2.45) is 5.73 Å². The first-order valence-corrected chi connectivity index (χ1v) is 10.2. The van der Waals surface area contributed by atoms with E-state index in [0.717, 1.165) is 26.9 Å². The molecule has 145 valence electrons. The van der Waals surface area contributed by atoms with Crippen molar-refractivity contribution in [2.75, 3.05) is 6.61 Å². The number of halogens is 1. The van der Waals surface area contributed by atoms with Crippen molar-refractivity contribution < 1.29 is 9.84 Å². The van der Waals surface area contributed by atoms with E-state index in [1.165, 1.54) is 0 Å². The number of ether oxygens (including phenoxy) is 1. The first-order chi connectivity index (χ1) is 13.4. The average molecular weight is 413 g/mol. The summed E-state index contributed by atoms with van der Waals surface area (Å²) in [5, 5.41) is 9.92. The van der Waals surface area contributed by atoms with E-state index >= 15 is 0 Å². The zero-order valence-corrected chi connectivity index (χ0v) is 17.0. The fourth-order valence-electron chi connectivity index (χ4n) is 2.62. The second-order valence-corrected chi connectivity index (χ2v) is 8.32. The first kappa shape index (κ1) is 20.7. The van der Waals surface area contributed by atoms with Crippen LogP contribution in [0, 0.1) is 6.92 Å². The number of hydrogen-bond donors (Lipinski definition) is 2. The molecule has 0 aromatic heterocycles. The van der Waals surface area contributed by atoms with Gasteiger partial charge in [0.25, 0.3) is 0 Å². The van der Waals surface area contributed by atoms with Gasteiger partial charge in [0.15, 0.2) is 0 Å². The lowest BCUT2D eigenvalue weighted by atomic mass is 9.95. The van der Waals surface area contributed by atoms with Gasteiger partial charge in [-0.25, -0.2) is 0 Å². The Kier molecular flexibility index (Phi) is 7.03. The van der Waals surface area contributed by atoms with Crippen LogP contribution in [0.1, 0.15) is 12.0 Å². The molecule has 0 aliphatic carbocycles. The van der Waals surface area contributed by atoms with E-state index in [1.54, 1.807) is 11.8 Å². The highest BCUT2D eigenvalue weighted by Crippen LogP contribution is 2.34. The molecule has 0 spiro atoms. The quantitative estimate of drug-likeness (QED) is 0.495. The fraction of sp³-hybridized carbons (Fsp3) is 0.174. The van der Waals surface area contributed by atoms with Crippen molar-refractivity contribution in [2.45, 2.75) is 28.2 Å². The summed E-state index contributed by atoms with van der Waals surface area (Å²) in [4.78, 5) is 2.11. The van der Waals surface area contributed by atoms with E-state index in [1.807, 2.05) is 72.8 Å². The Balaban J connectivity index is 1.67. The molecule has 0 saturated carbocycles. The van der Waals surface area contributed by atoms with E-state index in [9.17, 15) is 5.11 Å². The summed E-state index contributed by atoms with van der Waals surface area (Å²) in [6.07, 6.45) is 1.24. The predicted octanol–water partition coefficient (Wildman–Crippen LogP) is 5.74. The summed E-state index contributed by atoms with van der Waals surface area (Å²) in [7, 11) is 0. The molecule has 1 atom stereocenters. The Hall–Kier alpha value is -1.98. The number of rotatable bonds is 8. The zero-order valence-electron chi connectivity index (χ0n) is 15.5. The number of para-hydroxylation sites is 1. The lowest BCUT2D eigenvalue weighted by Gasteiger charge is -2.21. The van der Waals surface area contributed by atoms with Crippen LogP contribution >= 0.6 is 23.4 Å². The van der Waals surface area contributed by atoms with Crippen molar-refractivity contribution in [1.29, 1.82) is 0 Å². The van der Waals surface area contributed by atoms with Gasteiger partial charge in [-0.2, -0.15) is 0 Å². The Bertz CT molecular complexity index is 915. The van der Waals surface area contributed by atoms with Gasteiger partial charge in [0.05, 0.1) is 6.61 Å². The smallest absolute Gasteiger partial charge is 0.128 e. The highest BCUT2D eigenvalue weighted by Gasteiger charge is 2.17. The van der Waals surface area contributed by atoms with Crippen molar-refractivity contribution in [3.8, 4) is 11.5 Å². The Morgan fingerprint density at radius 2 is 1.68 bits per heavy atom. The van der Waals surface area contributed by atoms with Crippen LogP contribution < -0.4 is 10.5 Å². The molecule has 1 radical (unpaired) electrons. The zero-order chi connectivity index (χ0) is 20.0. The maximum absolute atomic E-state index is 9.23. The third-order valence-electron chi connectivity index (χ3n) is 4.25. The van der Waals surface area contributed by atoms with Gasteiger partial charge in [0, 0.05) is 20.4 Å². The standard InChI is InChI=1S/C23H23ClNO2S/c1-23(25,16-26)13-12-17-10-11-21(15-22(17)24)28-20-9-5-8-19(14-20)27-18-6-3-2-4-7-18/h2-11,14-15,26H,1,12-13,16,25H2. The highest BCUT2D eigenvalue weighted by molar-refractivity contribution is 7.99. The van der Waals surface area contributed by atoms with E-state index in [0.29, 0.717) is 17.9 Å². The van der Waals surface area contributed by atoms with Gasteiger partial charge in [-0.15, -0.1) is 0 Å². The molecule has 0 amide bonds. The Morgan fingerprint density at radius 3 is 2.39 bits per heavy atom. The largest absolute Gasteiger partial charge is 0.457 e. The maximum atomic E-state index is 9.23. The Morgan fingerprint density at radius 1 is 0.964 bits per heavy atom. The van der Waals surface area contributed by atoms with Gasteiger partial charge < -0.3 is 15.6 Å². The molecule has 3 aromatic rings. The second kappa shape index (κ2) is 9.48. The van der Waals surface area contributed by atoms with E-state index in [-0.39, 0.29) is 6.61 Å². The molecule has 5 heteroatoms. The summed E-state index contributed by atoms with van der Waals surface area (Å²) >= 11 is 8.07. The molecule has 0 heterocycles. The van der Waals surface area contributed by atoms with E-state index < -0.39 is 5.54 Å². The van der Waals surface area contributed by atoms with Gasteiger partial charge in [0.1, 0.15) is 11.5 Å². The summed E-state index contributed by atoms with van der Waals surface area (Å²) in [5.41, 5.74) is 6.06. The molecule has 3 N–H and O–H groups in total. The molecule has 0 saturated heterocycles. The van der Waals surface area contributed by atoms with E-state index in [2.05, 4.69) is 6.92 Å². The second-order valence-electron chi connectivity index (χ2n) is 6.77. The molecule has 3 rings (SSSR count). The molecule has 3 aromatic carbocycles. The molecule has 0 aliphatic heterocycles. The van der Waals surface area contributed by atoms with Gasteiger partial charge in [0.2, 0.25) is 0 Å². The first-order valence-electron chi connectivity index (χ1n) is 8.99. The molecule has 28 heavy (non-hydrogen) atoms. The molecular formula is C23H23ClNO2S. The minimum absolute atomic E-state index is 0.153. The lowest BCUT2D eigenvalue weighted by Crippen LogP contribution is -2.40. The van der Waals surface area contributed by atoms with E-state index in [4.69, 9.17) is 22.1 Å². The summed E-state index contributed by atoms with van der Waals surface area (Å²) in [5.74, 6) is 1.60. The van der Waals surface area contributed by atoms with Crippen molar-refractivity contribution in [1.82, 2.24) is 0 Å². The van der Waals surface area contributed by atoms with Crippen LogP contribution in [0.3, 0.4) is 0 Å². The lowest BCUT2D eigenvalue weighted by molar-refractivity contribution is 0.218. The van der Waals surface area contributed by atoms with Crippen LogP contribution in [-0.2, 0) is 6.42 Å². The van der Waals surface area contributed by atoms with Crippen LogP contribution in [-0.4, -0.2) is 17.3 Å². The van der Waals surface area contributed by atoms with Gasteiger partial charge >= 0.3 is 0 Å². The maximum Gasteiger partial charge on any atom is 0.128 e. The number of nitrogens with two attached hydrogens (primary N) is 1. The van der Waals surface area contributed by atoms with Gasteiger partial charge in [-0.1, -0.05) is 53.7 Å². The minimum atomic E-state index is -0.837. The molecule has 0 aliphatic rings. The number of hydrogen-bond acceptors (Lipinski definition) is 4. The normalized spacial score (nSPS) is 13.1. The van der Waals surface area contributed by atoms with Crippen LogP contribution in [0.2, 0.25) is 5.02 Å². The van der Waals surface area contributed by atoms with Crippen molar-refractivity contribution >= 4 is 23.4 Å². The minimum Gasteiger partial charge on any atom is -0.457 e. The number of aliphatic hydroxyl groups excluding tert-OH is 1. The number of aliphatic hydroxyl groups is 1. The third kappa shape index (κ3) is 6.01. The topological polar surface area (TPSA) is 55.5 Å². The third-order valence-corrected chi connectivity index (χ3v) is 5.58. The predicted molar refractivity (Wildman–Crippen MR) is 116 cm³/mol. The van der Waals surface area contributed by atoms with Crippen LogP contribution in [0.4, 0.5) is 0 Å². The van der Waals surface area contributed by atoms with Gasteiger partial charge in [-0.3, -0.25) is 0 Å². The van der Waals surface area contributed by atoms with Crippen molar-refractivity contribution in [3.63, 3.8) is 0 Å². The number of aryl methyl sites for hydroxylation is 1. The summed E-state index contributed by atoms with van der Waals surface area (Å²) in [6.45, 7) is 3.66. The fourth-order valence-corrected chi connectivity index (χ4v) is 3.87. The van der Waals surface area contributed by atoms with Crippen molar-refractivity contribution in [3.05, 3.63) is 90.3 Å². The summed E-state index contributed by atoms with van der Waals surface area (Å²) in [6, 6.07) is 23.7. The Labute approximate surface area is 175 Å². The van der Waals surface area contributed by atoms with Crippen LogP contribution in [0.5, 0.6) is 11.5 Å². The molecule has 0 bridgehead atoms. The molecular weight excluding hydrogens is 390 g/mol. The molecule has 0 fully saturated rings. The van der Waals surface area contributed by atoms with Crippen LogP contribution in [0.25, 0.3) is 0 Å². The van der Waals surface area contributed by atoms with Crippen LogP contribution in [0.15, 0.2) is 82.6 Å². The van der Waals surface area contributed by atoms with Gasteiger partial charge in [-0.05, 0) is 67.8 Å². The molecule has 3 nitrogen and oxygen atoms in total. The SMILES string of the molecule is [CH2]C(N)(CO)CCc1ccc(Sc2cccc(Oc3ccccc3)c2)cc1Cl. The number of benzene rings is 3. The monoisotopic (exact) mass is 412 g/mol. The molecule has 1 unspecified atom stereocenters. The highest BCUT2D eigenvalue weighted by atomic mass is 35.5.